The highest BCUT2D eigenvalue weighted by molar-refractivity contribution is 5.74. The van der Waals surface area contributed by atoms with Crippen molar-refractivity contribution in [2.75, 3.05) is 0 Å². The van der Waals surface area contributed by atoms with Gasteiger partial charge in [0.05, 0.1) is 5.69 Å². The van der Waals surface area contributed by atoms with Crippen molar-refractivity contribution in [2.24, 2.45) is 10.2 Å². The Bertz CT molecular complexity index is 1060. The van der Waals surface area contributed by atoms with Crippen LogP contribution in [0.5, 0.6) is 0 Å². The number of aromatic nitrogens is 2. The van der Waals surface area contributed by atoms with E-state index in [1.807, 2.05) is 40.9 Å². The van der Waals surface area contributed by atoms with E-state index in [1.165, 1.54) is 11.1 Å². The van der Waals surface area contributed by atoms with Gasteiger partial charge < -0.3 is 0 Å². The molecule has 0 saturated heterocycles. The Morgan fingerprint density at radius 1 is 0.923 bits per heavy atom. The topological polar surface area (TPSA) is 42.0 Å². The van der Waals surface area contributed by atoms with Crippen LogP contribution in [0, 0.1) is 6.92 Å². The zero-order valence-corrected chi connectivity index (χ0v) is 14.9. The summed E-state index contributed by atoms with van der Waals surface area (Å²) in [6.45, 7) is 4.22. The SMILES string of the molecule is CCc1ccc(-c2nc3cc(C)ccn3c2N=Nc2ccccc2)cc1. The summed E-state index contributed by atoms with van der Waals surface area (Å²) in [7, 11) is 0. The highest BCUT2D eigenvalue weighted by Gasteiger charge is 2.14. The number of pyridine rings is 1. The second-order valence-corrected chi connectivity index (χ2v) is 6.30. The lowest BCUT2D eigenvalue weighted by molar-refractivity contribution is 1.10. The first-order valence-electron chi connectivity index (χ1n) is 8.79. The van der Waals surface area contributed by atoms with E-state index in [9.17, 15) is 0 Å². The largest absolute Gasteiger partial charge is 0.283 e. The normalized spacial score (nSPS) is 11.5. The van der Waals surface area contributed by atoms with E-state index < -0.39 is 0 Å². The Labute approximate surface area is 152 Å². The standard InChI is InChI=1S/C22H20N4/c1-3-17-9-11-18(12-10-17)21-22(25-24-19-7-5-4-6-8-19)26-14-13-16(2)15-20(26)23-21/h4-15H,3H2,1-2H3. The van der Waals surface area contributed by atoms with Gasteiger partial charge in [0, 0.05) is 11.8 Å². The Morgan fingerprint density at radius 2 is 1.69 bits per heavy atom. The minimum absolute atomic E-state index is 0.744. The predicted octanol–water partition coefficient (Wildman–Crippen LogP) is 6.29. The molecule has 0 radical (unpaired) electrons. The van der Waals surface area contributed by atoms with Crippen LogP contribution in [-0.2, 0) is 6.42 Å². The van der Waals surface area contributed by atoms with Gasteiger partial charge in [0.1, 0.15) is 11.3 Å². The van der Waals surface area contributed by atoms with Crippen molar-refractivity contribution in [3.8, 4) is 11.3 Å². The van der Waals surface area contributed by atoms with Crippen LogP contribution in [0.2, 0.25) is 0 Å². The third kappa shape index (κ3) is 3.14. The van der Waals surface area contributed by atoms with Gasteiger partial charge in [0.15, 0.2) is 5.82 Å². The monoisotopic (exact) mass is 340 g/mol. The lowest BCUT2D eigenvalue weighted by atomic mass is 10.1. The van der Waals surface area contributed by atoms with Gasteiger partial charge in [-0.1, -0.05) is 49.4 Å². The molecule has 2 heterocycles. The van der Waals surface area contributed by atoms with Gasteiger partial charge >= 0.3 is 0 Å². The molecule has 2 aromatic heterocycles. The molecule has 0 aliphatic carbocycles. The summed E-state index contributed by atoms with van der Waals surface area (Å²) < 4.78 is 1.99. The summed E-state index contributed by atoms with van der Waals surface area (Å²) in [6, 6.07) is 22.4. The summed E-state index contributed by atoms with van der Waals surface area (Å²) in [6.07, 6.45) is 3.02. The molecule has 0 aliphatic heterocycles. The van der Waals surface area contributed by atoms with Crippen LogP contribution in [0.4, 0.5) is 11.5 Å². The summed E-state index contributed by atoms with van der Waals surface area (Å²) in [4.78, 5) is 4.82. The van der Waals surface area contributed by atoms with Crippen LogP contribution in [0.3, 0.4) is 0 Å². The number of nitrogens with zero attached hydrogens (tertiary/aromatic N) is 4. The Morgan fingerprint density at radius 3 is 2.42 bits per heavy atom. The van der Waals surface area contributed by atoms with Crippen molar-refractivity contribution >= 4 is 17.2 Å². The molecule has 2 aromatic carbocycles. The van der Waals surface area contributed by atoms with Crippen molar-refractivity contribution < 1.29 is 0 Å². The summed E-state index contributed by atoms with van der Waals surface area (Å²) in [5.41, 5.74) is 6.06. The fourth-order valence-corrected chi connectivity index (χ4v) is 2.92. The molecule has 0 unspecified atom stereocenters. The molecule has 4 rings (SSSR count). The number of hydrogen-bond donors (Lipinski definition) is 0. The molecule has 0 fully saturated rings. The molecule has 0 atom stereocenters. The quantitative estimate of drug-likeness (QED) is 0.403. The molecule has 0 bridgehead atoms. The van der Waals surface area contributed by atoms with E-state index >= 15 is 0 Å². The summed E-state index contributed by atoms with van der Waals surface area (Å²) in [5, 5.41) is 8.94. The predicted molar refractivity (Wildman–Crippen MR) is 105 cm³/mol. The van der Waals surface area contributed by atoms with Crippen molar-refractivity contribution in [3.63, 3.8) is 0 Å². The zero-order valence-electron chi connectivity index (χ0n) is 14.9. The van der Waals surface area contributed by atoms with E-state index in [4.69, 9.17) is 4.98 Å². The maximum atomic E-state index is 4.82. The molecule has 0 amide bonds. The molecule has 4 heteroatoms. The van der Waals surface area contributed by atoms with Gasteiger partial charge in [-0.2, -0.15) is 0 Å². The molecule has 0 aliphatic rings. The van der Waals surface area contributed by atoms with Crippen molar-refractivity contribution in [3.05, 3.63) is 84.1 Å². The molecular weight excluding hydrogens is 320 g/mol. The third-order valence-corrected chi connectivity index (χ3v) is 4.41. The maximum absolute atomic E-state index is 4.82. The van der Waals surface area contributed by atoms with Crippen molar-refractivity contribution in [2.45, 2.75) is 20.3 Å². The first kappa shape index (κ1) is 16.2. The zero-order chi connectivity index (χ0) is 17.9. The second kappa shape index (κ2) is 6.92. The van der Waals surface area contributed by atoms with Crippen molar-refractivity contribution in [1.82, 2.24) is 9.38 Å². The van der Waals surface area contributed by atoms with E-state index in [1.54, 1.807) is 0 Å². The first-order chi connectivity index (χ1) is 12.7. The third-order valence-electron chi connectivity index (χ3n) is 4.41. The Kier molecular flexibility index (Phi) is 4.32. The van der Waals surface area contributed by atoms with Crippen LogP contribution in [-0.4, -0.2) is 9.38 Å². The van der Waals surface area contributed by atoms with Crippen LogP contribution in [0.15, 0.2) is 83.2 Å². The number of imidazole rings is 1. The lowest BCUT2D eigenvalue weighted by Crippen LogP contribution is -1.84. The van der Waals surface area contributed by atoms with Gasteiger partial charge in [0.25, 0.3) is 0 Å². The first-order valence-corrected chi connectivity index (χ1v) is 8.79. The molecule has 26 heavy (non-hydrogen) atoms. The fraction of sp³-hybridized carbons (Fsp3) is 0.136. The van der Waals surface area contributed by atoms with Gasteiger partial charge in [-0.3, -0.25) is 4.40 Å². The van der Waals surface area contributed by atoms with Crippen LogP contribution >= 0.6 is 0 Å². The smallest absolute Gasteiger partial charge is 0.187 e. The molecule has 4 nitrogen and oxygen atoms in total. The number of rotatable bonds is 4. The highest BCUT2D eigenvalue weighted by atomic mass is 15.2. The molecule has 128 valence electrons. The van der Waals surface area contributed by atoms with E-state index in [0.29, 0.717) is 0 Å². The average Bonchev–Trinajstić information content (AvgIpc) is 3.04. The minimum Gasteiger partial charge on any atom is -0.283 e. The van der Waals surface area contributed by atoms with E-state index in [0.717, 1.165) is 34.8 Å². The molecule has 0 spiro atoms. The van der Waals surface area contributed by atoms with Gasteiger partial charge in [-0.25, -0.2) is 4.98 Å². The van der Waals surface area contributed by atoms with Crippen LogP contribution < -0.4 is 0 Å². The van der Waals surface area contributed by atoms with E-state index in [-0.39, 0.29) is 0 Å². The van der Waals surface area contributed by atoms with Gasteiger partial charge in [-0.05, 0) is 48.7 Å². The molecule has 4 aromatic rings. The minimum atomic E-state index is 0.744. The molecule has 0 saturated carbocycles. The molecular formula is C22H20N4. The highest BCUT2D eigenvalue weighted by Crippen LogP contribution is 2.32. The summed E-state index contributed by atoms with van der Waals surface area (Å²) in [5.74, 6) is 0.744. The Hall–Kier alpha value is -3.27. The fourth-order valence-electron chi connectivity index (χ4n) is 2.92. The van der Waals surface area contributed by atoms with Crippen LogP contribution in [0.25, 0.3) is 16.9 Å². The number of fused-ring (bicyclic) bond motifs is 1. The maximum Gasteiger partial charge on any atom is 0.187 e. The van der Waals surface area contributed by atoms with Gasteiger partial charge in [-0.15, -0.1) is 10.2 Å². The number of hydrogen-bond acceptors (Lipinski definition) is 3. The molecule has 0 N–H and O–H groups in total. The van der Waals surface area contributed by atoms with Crippen LogP contribution in [0.1, 0.15) is 18.1 Å². The number of azo groups is 1. The Balaban J connectivity index is 1.86. The number of aryl methyl sites for hydroxylation is 2. The van der Waals surface area contributed by atoms with Gasteiger partial charge in [0.2, 0.25) is 0 Å². The van der Waals surface area contributed by atoms with Crippen molar-refractivity contribution in [1.29, 1.82) is 0 Å². The average molecular weight is 340 g/mol. The summed E-state index contributed by atoms with van der Waals surface area (Å²) >= 11 is 0. The second-order valence-electron chi connectivity index (χ2n) is 6.30. The number of benzene rings is 2. The van der Waals surface area contributed by atoms with E-state index in [2.05, 4.69) is 60.5 Å². The lowest BCUT2D eigenvalue weighted by Gasteiger charge is -2.02.